The van der Waals surface area contributed by atoms with Gasteiger partial charge in [-0.1, -0.05) is 6.42 Å². The van der Waals surface area contributed by atoms with Gasteiger partial charge in [0.05, 0.1) is 6.04 Å². The van der Waals surface area contributed by atoms with Crippen LogP contribution in [0.25, 0.3) is 0 Å². The van der Waals surface area contributed by atoms with E-state index in [1.54, 1.807) is 6.92 Å². The van der Waals surface area contributed by atoms with Gasteiger partial charge in [-0.2, -0.15) is 0 Å². The zero-order chi connectivity index (χ0) is 9.84. The molecule has 1 fully saturated rings. The lowest BCUT2D eigenvalue weighted by Crippen LogP contribution is -2.45. The molecular weight excluding hydrogens is 168 g/mol. The molecule has 0 spiro atoms. The van der Waals surface area contributed by atoms with Gasteiger partial charge < -0.3 is 16.2 Å². The minimum Gasteiger partial charge on any atom is -0.396 e. The predicted octanol–water partition coefficient (Wildman–Crippen LogP) is -0.389. The molecule has 13 heavy (non-hydrogen) atoms. The van der Waals surface area contributed by atoms with Crippen molar-refractivity contribution in [1.29, 1.82) is 0 Å². The summed E-state index contributed by atoms with van der Waals surface area (Å²) < 4.78 is 0. The van der Waals surface area contributed by atoms with Gasteiger partial charge >= 0.3 is 0 Å². The molecule has 0 saturated heterocycles. The second kappa shape index (κ2) is 4.58. The van der Waals surface area contributed by atoms with E-state index in [1.807, 2.05) is 0 Å². The van der Waals surface area contributed by atoms with Gasteiger partial charge in [-0.25, -0.2) is 0 Å². The van der Waals surface area contributed by atoms with E-state index in [0.29, 0.717) is 0 Å². The zero-order valence-corrected chi connectivity index (χ0v) is 7.99. The van der Waals surface area contributed by atoms with E-state index in [2.05, 4.69) is 5.32 Å². The fraction of sp³-hybridized carbons (Fsp3) is 0.889. The number of hydrogen-bond acceptors (Lipinski definition) is 3. The quantitative estimate of drug-likeness (QED) is 0.562. The van der Waals surface area contributed by atoms with Gasteiger partial charge in [0.25, 0.3) is 0 Å². The molecule has 0 aromatic rings. The van der Waals surface area contributed by atoms with Crippen molar-refractivity contribution in [3.8, 4) is 0 Å². The molecule has 3 atom stereocenters. The number of amides is 1. The van der Waals surface area contributed by atoms with Crippen LogP contribution in [0.4, 0.5) is 0 Å². The first-order valence-corrected chi connectivity index (χ1v) is 4.82. The number of hydrogen-bond donors (Lipinski definition) is 3. The molecule has 0 radical (unpaired) electrons. The molecule has 1 amide bonds. The summed E-state index contributed by atoms with van der Waals surface area (Å²) in [5, 5.41) is 11.9. The standard InChI is InChI=1S/C9H18N2O2/c1-6(10)9(13)11-8-4-2-3-7(8)5-12/h6-8,12H,2-5,10H2,1H3,(H,11,13)/t6-,7?,8?/m0/s1. The number of rotatable bonds is 3. The molecule has 4 nitrogen and oxygen atoms in total. The molecule has 0 bridgehead atoms. The molecule has 0 aromatic heterocycles. The molecule has 4 heteroatoms. The smallest absolute Gasteiger partial charge is 0.236 e. The van der Waals surface area contributed by atoms with Crippen LogP contribution in [0.2, 0.25) is 0 Å². The first-order valence-electron chi connectivity index (χ1n) is 4.82. The fourth-order valence-electron chi connectivity index (χ4n) is 1.76. The lowest BCUT2D eigenvalue weighted by atomic mass is 10.0. The number of aliphatic hydroxyl groups is 1. The highest BCUT2D eigenvalue weighted by Crippen LogP contribution is 2.24. The number of nitrogens with two attached hydrogens (primary N) is 1. The van der Waals surface area contributed by atoms with Crippen LogP contribution < -0.4 is 11.1 Å². The van der Waals surface area contributed by atoms with Gasteiger partial charge in [-0.3, -0.25) is 4.79 Å². The van der Waals surface area contributed by atoms with Crippen LogP contribution in [0.15, 0.2) is 0 Å². The summed E-state index contributed by atoms with van der Waals surface area (Å²) in [7, 11) is 0. The number of nitrogens with one attached hydrogen (secondary N) is 1. The summed E-state index contributed by atoms with van der Waals surface area (Å²) in [6.07, 6.45) is 3.04. The molecule has 2 unspecified atom stereocenters. The number of carbonyl (C=O) groups is 1. The highest BCUT2D eigenvalue weighted by Gasteiger charge is 2.28. The summed E-state index contributed by atoms with van der Waals surface area (Å²) in [6, 6.07) is -0.330. The lowest BCUT2D eigenvalue weighted by molar-refractivity contribution is -0.123. The van der Waals surface area contributed by atoms with Crippen molar-refractivity contribution in [3.63, 3.8) is 0 Å². The Kier molecular flexibility index (Phi) is 3.69. The van der Waals surface area contributed by atoms with Gasteiger partial charge in [-0.15, -0.1) is 0 Å². The highest BCUT2D eigenvalue weighted by atomic mass is 16.3. The number of carbonyl (C=O) groups excluding carboxylic acids is 1. The molecule has 76 valence electrons. The summed E-state index contributed by atoms with van der Waals surface area (Å²) in [5.74, 6) is 0.105. The maximum atomic E-state index is 11.2. The van der Waals surface area contributed by atoms with E-state index >= 15 is 0 Å². The Hall–Kier alpha value is -0.610. The molecule has 1 saturated carbocycles. The highest BCUT2D eigenvalue weighted by molar-refractivity contribution is 5.81. The second-order valence-electron chi connectivity index (χ2n) is 3.78. The molecule has 4 N–H and O–H groups in total. The van der Waals surface area contributed by atoms with Gasteiger partial charge in [0.1, 0.15) is 0 Å². The first kappa shape index (κ1) is 10.5. The van der Waals surface area contributed by atoms with Gasteiger partial charge in [0.15, 0.2) is 0 Å². The van der Waals surface area contributed by atoms with Crippen molar-refractivity contribution in [3.05, 3.63) is 0 Å². The van der Waals surface area contributed by atoms with Crippen molar-refractivity contribution in [2.24, 2.45) is 11.7 Å². The van der Waals surface area contributed by atoms with Crippen LogP contribution in [0.1, 0.15) is 26.2 Å². The van der Waals surface area contributed by atoms with Crippen LogP contribution in [0.3, 0.4) is 0 Å². The molecule has 0 heterocycles. The third kappa shape index (κ3) is 2.67. The Morgan fingerprint density at radius 3 is 2.92 bits per heavy atom. The first-order chi connectivity index (χ1) is 6.15. The molecular formula is C9H18N2O2. The number of aliphatic hydroxyl groups excluding tert-OH is 1. The van der Waals surface area contributed by atoms with E-state index in [1.165, 1.54) is 0 Å². The average molecular weight is 186 g/mol. The molecule has 1 aliphatic rings. The van der Waals surface area contributed by atoms with Gasteiger partial charge in [0, 0.05) is 18.6 Å². The summed E-state index contributed by atoms with van der Waals surface area (Å²) in [5.41, 5.74) is 5.43. The Labute approximate surface area is 78.5 Å². The fourth-order valence-corrected chi connectivity index (χ4v) is 1.76. The monoisotopic (exact) mass is 186 g/mol. The molecule has 0 aromatic carbocycles. The van der Waals surface area contributed by atoms with E-state index in [4.69, 9.17) is 10.8 Å². The Morgan fingerprint density at radius 2 is 2.38 bits per heavy atom. The van der Waals surface area contributed by atoms with Gasteiger partial charge in [0.2, 0.25) is 5.91 Å². The topological polar surface area (TPSA) is 75.4 Å². The van der Waals surface area contributed by atoms with Crippen LogP contribution in [0, 0.1) is 5.92 Å². The van der Waals surface area contributed by atoms with Crippen LogP contribution >= 0.6 is 0 Å². The normalized spacial score (nSPS) is 30.1. The van der Waals surface area contributed by atoms with Crippen molar-refractivity contribution >= 4 is 5.91 Å². The van der Waals surface area contributed by atoms with E-state index in [0.717, 1.165) is 19.3 Å². The summed E-state index contributed by atoms with van der Waals surface area (Å²) in [4.78, 5) is 11.2. The second-order valence-corrected chi connectivity index (χ2v) is 3.78. The third-order valence-electron chi connectivity index (χ3n) is 2.63. The maximum absolute atomic E-state index is 11.2. The van der Waals surface area contributed by atoms with E-state index < -0.39 is 6.04 Å². The Bertz CT molecular complexity index is 182. The Morgan fingerprint density at radius 1 is 1.69 bits per heavy atom. The summed E-state index contributed by atoms with van der Waals surface area (Å²) in [6.45, 7) is 1.82. The maximum Gasteiger partial charge on any atom is 0.236 e. The van der Waals surface area contributed by atoms with Gasteiger partial charge in [-0.05, 0) is 19.8 Å². The van der Waals surface area contributed by atoms with Crippen molar-refractivity contribution in [1.82, 2.24) is 5.32 Å². The zero-order valence-electron chi connectivity index (χ0n) is 7.99. The third-order valence-corrected chi connectivity index (χ3v) is 2.63. The predicted molar refractivity (Wildman–Crippen MR) is 50.0 cm³/mol. The summed E-state index contributed by atoms with van der Waals surface area (Å²) >= 11 is 0. The minimum atomic E-state index is -0.458. The Balaban J connectivity index is 2.39. The molecule has 1 rings (SSSR count). The van der Waals surface area contributed by atoms with Crippen LogP contribution in [0.5, 0.6) is 0 Å². The average Bonchev–Trinajstić information content (AvgIpc) is 2.51. The minimum absolute atomic E-state index is 0.120. The van der Waals surface area contributed by atoms with Crippen molar-refractivity contribution < 1.29 is 9.90 Å². The van der Waals surface area contributed by atoms with Crippen LogP contribution in [-0.2, 0) is 4.79 Å². The molecule has 1 aliphatic carbocycles. The van der Waals surface area contributed by atoms with Crippen molar-refractivity contribution in [2.45, 2.75) is 38.3 Å². The SMILES string of the molecule is C[C@H](N)C(=O)NC1CCCC1CO. The van der Waals surface area contributed by atoms with E-state index in [9.17, 15) is 4.79 Å². The molecule has 0 aliphatic heterocycles. The lowest BCUT2D eigenvalue weighted by Gasteiger charge is -2.19. The van der Waals surface area contributed by atoms with Crippen molar-refractivity contribution in [2.75, 3.05) is 6.61 Å². The van der Waals surface area contributed by atoms with Crippen LogP contribution in [-0.4, -0.2) is 29.7 Å². The largest absolute Gasteiger partial charge is 0.396 e. The van der Waals surface area contributed by atoms with E-state index in [-0.39, 0.29) is 24.5 Å².